The number of hydrogen-bond acceptors (Lipinski definition) is 2. The molecule has 0 spiro atoms. The van der Waals surface area contributed by atoms with E-state index in [-0.39, 0.29) is 0 Å². The normalized spacial score (nSPS) is 10.4. The van der Waals surface area contributed by atoms with Gasteiger partial charge in [0.15, 0.2) is 5.76 Å². The predicted molar refractivity (Wildman–Crippen MR) is 57.2 cm³/mol. The Kier molecular flexibility index (Phi) is 2.29. The maximum atomic E-state index is 11.0. The third kappa shape index (κ3) is 1.53. The molecule has 14 heavy (non-hydrogen) atoms. The second kappa shape index (κ2) is 3.46. The van der Waals surface area contributed by atoms with Gasteiger partial charge in [0.05, 0.1) is 5.69 Å². The highest BCUT2D eigenvalue weighted by Gasteiger charge is 2.10. The fourth-order valence-corrected chi connectivity index (χ4v) is 1.77. The van der Waals surface area contributed by atoms with Gasteiger partial charge in [-0.15, -0.1) is 0 Å². The first-order chi connectivity index (χ1) is 6.68. The van der Waals surface area contributed by atoms with Crippen LogP contribution >= 0.6 is 15.9 Å². The Labute approximate surface area is 88.9 Å². The van der Waals surface area contributed by atoms with Crippen LogP contribution in [0.3, 0.4) is 0 Å². The van der Waals surface area contributed by atoms with E-state index in [1.54, 1.807) is 6.92 Å². The molecule has 0 bridgehead atoms. The molecule has 3 nitrogen and oxygen atoms in total. The van der Waals surface area contributed by atoms with Gasteiger partial charge < -0.3 is 4.42 Å². The minimum absolute atomic E-state index is 0.423. The summed E-state index contributed by atoms with van der Waals surface area (Å²) in [4.78, 5) is 13.5. The second-order valence-electron chi connectivity index (χ2n) is 2.95. The summed E-state index contributed by atoms with van der Waals surface area (Å²) in [7, 11) is 0. The van der Waals surface area contributed by atoms with E-state index in [4.69, 9.17) is 4.42 Å². The zero-order valence-electron chi connectivity index (χ0n) is 7.50. The molecule has 4 heteroatoms. The molecule has 1 aromatic heterocycles. The van der Waals surface area contributed by atoms with Gasteiger partial charge in [-0.3, -0.25) is 4.98 Å². The lowest BCUT2D eigenvalue weighted by Gasteiger charge is -1.99. The molecule has 0 saturated heterocycles. The summed E-state index contributed by atoms with van der Waals surface area (Å²) in [5.41, 5.74) is 1.62. The van der Waals surface area contributed by atoms with Crippen LogP contribution in [0.1, 0.15) is 5.69 Å². The molecule has 0 aliphatic heterocycles. The zero-order chi connectivity index (χ0) is 10.1. The summed E-state index contributed by atoms with van der Waals surface area (Å²) in [6, 6.07) is 7.60. The van der Waals surface area contributed by atoms with Crippen molar-refractivity contribution >= 4 is 15.9 Å². The van der Waals surface area contributed by atoms with Crippen molar-refractivity contribution in [1.29, 1.82) is 0 Å². The first kappa shape index (κ1) is 9.27. The number of hydrogen-bond donors (Lipinski definition) is 1. The van der Waals surface area contributed by atoms with E-state index >= 15 is 0 Å². The van der Waals surface area contributed by atoms with Gasteiger partial charge in [-0.05, 0) is 13.0 Å². The molecule has 1 aromatic carbocycles. The molecule has 0 unspecified atom stereocenters. The van der Waals surface area contributed by atoms with E-state index in [0.29, 0.717) is 5.76 Å². The molecule has 2 aromatic rings. The van der Waals surface area contributed by atoms with Crippen LogP contribution in [0.5, 0.6) is 0 Å². The number of aromatic amines is 1. The molecule has 1 N–H and O–H groups in total. The maximum absolute atomic E-state index is 11.0. The van der Waals surface area contributed by atoms with Crippen molar-refractivity contribution in [2.75, 3.05) is 0 Å². The van der Waals surface area contributed by atoms with Crippen molar-refractivity contribution in [2.24, 2.45) is 0 Å². The number of oxazole rings is 1. The molecular formula is C10H8BrNO2. The molecule has 1 heterocycles. The SMILES string of the molecule is Cc1[nH]c(=O)oc1-c1ccccc1Br. The van der Waals surface area contributed by atoms with Crippen molar-refractivity contribution < 1.29 is 4.42 Å². The number of rotatable bonds is 1. The first-order valence-corrected chi connectivity index (χ1v) is 4.92. The summed E-state index contributed by atoms with van der Waals surface area (Å²) >= 11 is 3.40. The summed E-state index contributed by atoms with van der Waals surface area (Å²) in [6.07, 6.45) is 0. The third-order valence-electron chi connectivity index (χ3n) is 1.94. The van der Waals surface area contributed by atoms with Crippen molar-refractivity contribution in [2.45, 2.75) is 6.92 Å². The van der Waals surface area contributed by atoms with Gasteiger partial charge in [-0.1, -0.05) is 34.1 Å². The van der Waals surface area contributed by atoms with Crippen LogP contribution < -0.4 is 5.76 Å². The smallest absolute Gasteiger partial charge is 0.408 e. The fraction of sp³-hybridized carbons (Fsp3) is 0.100. The van der Waals surface area contributed by atoms with Crippen LogP contribution in [-0.2, 0) is 0 Å². The van der Waals surface area contributed by atoms with E-state index < -0.39 is 5.76 Å². The van der Waals surface area contributed by atoms with Gasteiger partial charge in [0.1, 0.15) is 0 Å². The van der Waals surface area contributed by atoms with Gasteiger partial charge >= 0.3 is 5.76 Å². The van der Waals surface area contributed by atoms with Crippen molar-refractivity contribution in [1.82, 2.24) is 4.98 Å². The topological polar surface area (TPSA) is 46.0 Å². The number of halogens is 1. The predicted octanol–water partition coefficient (Wildman–Crippen LogP) is 2.71. The van der Waals surface area contributed by atoms with Crippen molar-refractivity contribution in [3.8, 4) is 11.3 Å². The van der Waals surface area contributed by atoms with E-state index in [2.05, 4.69) is 20.9 Å². The van der Waals surface area contributed by atoms with Crippen LogP contribution in [0.4, 0.5) is 0 Å². The molecule has 0 amide bonds. The molecule has 0 saturated carbocycles. The molecular weight excluding hydrogens is 246 g/mol. The Morgan fingerprint density at radius 3 is 2.64 bits per heavy atom. The third-order valence-corrected chi connectivity index (χ3v) is 2.63. The van der Waals surface area contributed by atoms with E-state index in [0.717, 1.165) is 15.7 Å². The molecule has 0 radical (unpaired) electrons. The second-order valence-corrected chi connectivity index (χ2v) is 3.80. The number of aryl methyl sites for hydroxylation is 1. The molecule has 0 aliphatic carbocycles. The van der Waals surface area contributed by atoms with Gasteiger partial charge in [-0.25, -0.2) is 4.79 Å². The number of H-pyrrole nitrogens is 1. The fourth-order valence-electron chi connectivity index (χ4n) is 1.31. The largest absolute Gasteiger partial charge is 0.417 e. The quantitative estimate of drug-likeness (QED) is 0.850. The van der Waals surface area contributed by atoms with E-state index in [1.807, 2.05) is 24.3 Å². The molecule has 2 rings (SSSR count). The van der Waals surface area contributed by atoms with Gasteiger partial charge in [0, 0.05) is 10.0 Å². The van der Waals surface area contributed by atoms with E-state index in [9.17, 15) is 4.79 Å². The summed E-state index contributed by atoms with van der Waals surface area (Å²) < 4.78 is 5.95. The minimum atomic E-state index is -0.423. The lowest BCUT2D eigenvalue weighted by Crippen LogP contribution is -1.94. The lowest BCUT2D eigenvalue weighted by atomic mass is 10.1. The van der Waals surface area contributed by atoms with Gasteiger partial charge in [0.2, 0.25) is 0 Å². The first-order valence-electron chi connectivity index (χ1n) is 4.13. The van der Waals surface area contributed by atoms with Crippen LogP contribution in [0, 0.1) is 6.92 Å². The zero-order valence-corrected chi connectivity index (χ0v) is 9.09. The van der Waals surface area contributed by atoms with Gasteiger partial charge in [-0.2, -0.15) is 0 Å². The van der Waals surface area contributed by atoms with Crippen LogP contribution in [-0.4, -0.2) is 4.98 Å². The lowest BCUT2D eigenvalue weighted by molar-refractivity contribution is 0.528. The van der Waals surface area contributed by atoms with E-state index in [1.165, 1.54) is 0 Å². The molecule has 72 valence electrons. The van der Waals surface area contributed by atoms with Crippen molar-refractivity contribution in [3.05, 3.63) is 45.0 Å². The minimum Gasteiger partial charge on any atom is -0.408 e. The summed E-state index contributed by atoms with van der Waals surface area (Å²) in [5, 5.41) is 0. The highest BCUT2D eigenvalue weighted by molar-refractivity contribution is 9.10. The highest BCUT2D eigenvalue weighted by Crippen LogP contribution is 2.28. The number of aromatic nitrogens is 1. The number of benzene rings is 1. The summed E-state index contributed by atoms with van der Waals surface area (Å²) in [6.45, 7) is 1.81. The molecule has 0 aliphatic rings. The Bertz CT molecular complexity index is 513. The number of nitrogens with one attached hydrogen (secondary N) is 1. The summed E-state index contributed by atoms with van der Waals surface area (Å²) in [5.74, 6) is 0.163. The van der Waals surface area contributed by atoms with Crippen LogP contribution in [0.2, 0.25) is 0 Å². The molecule has 0 atom stereocenters. The Morgan fingerprint density at radius 1 is 1.36 bits per heavy atom. The Morgan fingerprint density at radius 2 is 2.07 bits per heavy atom. The highest BCUT2D eigenvalue weighted by atomic mass is 79.9. The Balaban J connectivity index is 2.66. The monoisotopic (exact) mass is 253 g/mol. The van der Waals surface area contributed by atoms with Crippen LogP contribution in [0.25, 0.3) is 11.3 Å². The van der Waals surface area contributed by atoms with Gasteiger partial charge in [0.25, 0.3) is 0 Å². The standard InChI is InChI=1S/C10H8BrNO2/c1-6-9(14-10(13)12-6)7-4-2-3-5-8(7)11/h2-5H,1H3,(H,12,13). The Hall–Kier alpha value is -1.29. The average molecular weight is 254 g/mol. The molecule has 0 fully saturated rings. The maximum Gasteiger partial charge on any atom is 0.417 e. The van der Waals surface area contributed by atoms with Crippen LogP contribution in [0.15, 0.2) is 37.9 Å². The van der Waals surface area contributed by atoms with Crippen molar-refractivity contribution in [3.63, 3.8) is 0 Å². The average Bonchev–Trinajstić information content (AvgIpc) is 2.46.